The second kappa shape index (κ2) is 7.07. The highest BCUT2D eigenvalue weighted by Crippen LogP contribution is 2.26. The first kappa shape index (κ1) is 17.8. The summed E-state index contributed by atoms with van der Waals surface area (Å²) in [7, 11) is 0. The van der Waals surface area contributed by atoms with E-state index in [-0.39, 0.29) is 24.1 Å². The Morgan fingerprint density at radius 3 is 2.85 bits per heavy atom. The number of ether oxygens (including phenoxy) is 1. The Bertz CT molecular complexity index is 873. The van der Waals surface area contributed by atoms with E-state index in [1.165, 1.54) is 12.3 Å². The molecule has 0 spiro atoms. The van der Waals surface area contributed by atoms with Gasteiger partial charge in [0.1, 0.15) is 5.75 Å². The van der Waals surface area contributed by atoms with Crippen LogP contribution < -0.4 is 10.1 Å². The summed E-state index contributed by atoms with van der Waals surface area (Å²) in [5.74, 6) is -2.02. The number of amides is 1. The van der Waals surface area contributed by atoms with Crippen LogP contribution in [0, 0.1) is 11.6 Å². The van der Waals surface area contributed by atoms with Crippen LogP contribution in [0.2, 0.25) is 0 Å². The lowest BCUT2D eigenvalue weighted by molar-refractivity contribution is -0.141. The van der Waals surface area contributed by atoms with Crippen molar-refractivity contribution in [2.75, 3.05) is 0 Å². The van der Waals surface area contributed by atoms with Gasteiger partial charge in [-0.2, -0.15) is 0 Å². The standard InChI is InChI=1S/C18H17F2N3O3/c1-11-9-18(2,26-23-11)17(24)22-10-12-4-3-7-21-16(12)25-13-5-6-14(19)15(20)8-13/h3-8H,9-10H2,1-2H3,(H,22,24)/t18-/m1/s1. The van der Waals surface area contributed by atoms with Crippen LogP contribution in [0.4, 0.5) is 8.78 Å². The highest BCUT2D eigenvalue weighted by atomic mass is 19.2. The van der Waals surface area contributed by atoms with Gasteiger partial charge >= 0.3 is 0 Å². The molecule has 0 fully saturated rings. The molecule has 0 radical (unpaired) electrons. The number of rotatable bonds is 5. The van der Waals surface area contributed by atoms with Crippen LogP contribution in [0.5, 0.6) is 11.6 Å². The van der Waals surface area contributed by atoms with Crippen LogP contribution in [0.1, 0.15) is 25.8 Å². The number of hydrogen-bond acceptors (Lipinski definition) is 5. The Morgan fingerprint density at radius 2 is 2.15 bits per heavy atom. The molecule has 0 saturated heterocycles. The van der Waals surface area contributed by atoms with Crippen LogP contribution in [-0.4, -0.2) is 22.2 Å². The van der Waals surface area contributed by atoms with E-state index >= 15 is 0 Å². The zero-order chi connectivity index (χ0) is 18.7. The third kappa shape index (κ3) is 3.79. The maximum Gasteiger partial charge on any atom is 0.267 e. The highest BCUT2D eigenvalue weighted by Gasteiger charge is 2.40. The number of halogens is 2. The SMILES string of the molecule is CC1=NO[C@@](C)(C(=O)NCc2cccnc2Oc2ccc(F)c(F)c2)C1. The summed E-state index contributed by atoms with van der Waals surface area (Å²) in [5, 5.41) is 6.56. The third-order valence-corrected chi connectivity index (χ3v) is 3.87. The minimum atomic E-state index is -1.05. The molecule has 1 aliphatic rings. The van der Waals surface area contributed by atoms with E-state index in [9.17, 15) is 13.6 Å². The van der Waals surface area contributed by atoms with Crippen molar-refractivity contribution in [3.8, 4) is 11.6 Å². The van der Waals surface area contributed by atoms with Crippen LogP contribution >= 0.6 is 0 Å². The number of benzene rings is 1. The molecule has 0 unspecified atom stereocenters. The average Bonchev–Trinajstić information content (AvgIpc) is 2.97. The van der Waals surface area contributed by atoms with Gasteiger partial charge in [0.15, 0.2) is 11.6 Å². The number of nitrogens with zero attached hydrogens (tertiary/aromatic N) is 2. The maximum absolute atomic E-state index is 13.3. The highest BCUT2D eigenvalue weighted by molar-refractivity contribution is 5.94. The van der Waals surface area contributed by atoms with Gasteiger partial charge in [0.25, 0.3) is 5.91 Å². The van der Waals surface area contributed by atoms with Crippen LogP contribution in [-0.2, 0) is 16.2 Å². The zero-order valence-electron chi connectivity index (χ0n) is 14.3. The molecule has 1 atom stereocenters. The van der Waals surface area contributed by atoms with Crippen LogP contribution in [0.15, 0.2) is 41.7 Å². The summed E-state index contributed by atoms with van der Waals surface area (Å²) >= 11 is 0. The van der Waals surface area contributed by atoms with E-state index in [0.29, 0.717) is 12.0 Å². The molecule has 2 heterocycles. The summed E-state index contributed by atoms with van der Waals surface area (Å²) in [6, 6.07) is 6.58. The quantitative estimate of drug-likeness (QED) is 0.887. The first-order valence-electron chi connectivity index (χ1n) is 7.94. The molecule has 0 aliphatic carbocycles. The Labute approximate surface area is 148 Å². The number of aromatic nitrogens is 1. The molecule has 1 aliphatic heterocycles. The fraction of sp³-hybridized carbons (Fsp3) is 0.278. The van der Waals surface area contributed by atoms with Gasteiger partial charge in [-0.1, -0.05) is 11.2 Å². The Hall–Kier alpha value is -3.03. The van der Waals surface area contributed by atoms with Crippen molar-refractivity contribution in [2.45, 2.75) is 32.4 Å². The number of oxime groups is 1. The molecule has 26 heavy (non-hydrogen) atoms. The molecule has 1 aromatic heterocycles. The lowest BCUT2D eigenvalue weighted by Gasteiger charge is -2.20. The molecule has 136 valence electrons. The Balaban J connectivity index is 1.69. The number of hydrogen-bond donors (Lipinski definition) is 1. The van der Waals surface area contributed by atoms with Crippen LogP contribution in [0.25, 0.3) is 0 Å². The Morgan fingerprint density at radius 1 is 1.35 bits per heavy atom. The van der Waals surface area contributed by atoms with Gasteiger partial charge in [0.2, 0.25) is 11.5 Å². The smallest absolute Gasteiger partial charge is 0.267 e. The van der Waals surface area contributed by atoms with E-state index in [0.717, 1.165) is 17.8 Å². The molecule has 0 saturated carbocycles. The lowest BCUT2D eigenvalue weighted by atomic mass is 9.99. The second-order valence-electron chi connectivity index (χ2n) is 6.15. The minimum absolute atomic E-state index is 0.102. The van der Waals surface area contributed by atoms with Crippen molar-refractivity contribution in [3.63, 3.8) is 0 Å². The van der Waals surface area contributed by atoms with Gasteiger partial charge in [-0.05, 0) is 32.0 Å². The first-order valence-corrected chi connectivity index (χ1v) is 7.94. The van der Waals surface area contributed by atoms with Crippen molar-refractivity contribution in [1.29, 1.82) is 0 Å². The van der Waals surface area contributed by atoms with Gasteiger partial charge in [-0.25, -0.2) is 13.8 Å². The van der Waals surface area contributed by atoms with Gasteiger partial charge in [-0.3, -0.25) is 4.79 Å². The number of nitrogens with one attached hydrogen (secondary N) is 1. The molecule has 1 N–H and O–H groups in total. The van der Waals surface area contributed by atoms with Gasteiger partial charge in [-0.15, -0.1) is 0 Å². The summed E-state index contributed by atoms with van der Waals surface area (Å²) in [6.45, 7) is 3.57. The largest absolute Gasteiger partial charge is 0.439 e. The summed E-state index contributed by atoms with van der Waals surface area (Å²) in [6.07, 6.45) is 1.91. The Kier molecular flexibility index (Phi) is 4.83. The van der Waals surface area contributed by atoms with E-state index in [4.69, 9.17) is 9.57 Å². The minimum Gasteiger partial charge on any atom is -0.439 e. The summed E-state index contributed by atoms with van der Waals surface area (Å²) in [4.78, 5) is 21.7. The molecule has 1 amide bonds. The van der Waals surface area contributed by atoms with Gasteiger partial charge in [0.05, 0.1) is 5.71 Å². The molecular weight excluding hydrogens is 344 g/mol. The number of carbonyl (C=O) groups is 1. The average molecular weight is 361 g/mol. The number of carbonyl (C=O) groups excluding carboxylic acids is 1. The molecule has 8 heteroatoms. The zero-order valence-corrected chi connectivity index (χ0v) is 14.3. The van der Waals surface area contributed by atoms with Crippen molar-refractivity contribution >= 4 is 11.6 Å². The van der Waals surface area contributed by atoms with E-state index in [2.05, 4.69) is 15.5 Å². The van der Waals surface area contributed by atoms with Crippen molar-refractivity contribution in [1.82, 2.24) is 10.3 Å². The monoisotopic (exact) mass is 361 g/mol. The molecule has 6 nitrogen and oxygen atoms in total. The van der Waals surface area contributed by atoms with Crippen LogP contribution in [0.3, 0.4) is 0 Å². The maximum atomic E-state index is 13.3. The molecule has 0 bridgehead atoms. The fourth-order valence-electron chi connectivity index (χ4n) is 2.52. The summed E-state index contributed by atoms with van der Waals surface area (Å²) < 4.78 is 31.9. The first-order chi connectivity index (χ1) is 12.4. The molecule has 2 aromatic rings. The normalized spacial score (nSPS) is 18.8. The fourth-order valence-corrected chi connectivity index (χ4v) is 2.52. The molecule has 1 aromatic carbocycles. The third-order valence-electron chi connectivity index (χ3n) is 3.87. The predicted octanol–water partition coefficient (Wildman–Crippen LogP) is 3.32. The van der Waals surface area contributed by atoms with Crippen molar-refractivity contribution in [3.05, 3.63) is 53.7 Å². The predicted molar refractivity (Wildman–Crippen MR) is 89.7 cm³/mol. The summed E-state index contributed by atoms with van der Waals surface area (Å²) in [5.41, 5.74) is 0.268. The van der Waals surface area contributed by atoms with E-state index in [1.54, 1.807) is 26.0 Å². The molecular formula is C18H17F2N3O3. The van der Waals surface area contributed by atoms with Crippen molar-refractivity contribution in [2.24, 2.45) is 5.16 Å². The number of pyridine rings is 1. The van der Waals surface area contributed by atoms with Gasteiger partial charge in [0, 0.05) is 30.8 Å². The van der Waals surface area contributed by atoms with Crippen molar-refractivity contribution < 1.29 is 23.1 Å². The lowest BCUT2D eigenvalue weighted by Crippen LogP contribution is -2.44. The topological polar surface area (TPSA) is 72.8 Å². The van der Waals surface area contributed by atoms with E-state index < -0.39 is 17.2 Å². The van der Waals surface area contributed by atoms with E-state index in [1.807, 2.05) is 0 Å². The second-order valence-corrected chi connectivity index (χ2v) is 6.15. The van der Waals surface area contributed by atoms with Gasteiger partial charge < -0.3 is 14.9 Å². The molecule has 3 rings (SSSR count).